The molecule has 114 valence electrons. The second-order valence-electron chi connectivity index (χ2n) is 4.54. The highest BCUT2D eigenvalue weighted by Gasteiger charge is 2.14. The lowest BCUT2D eigenvalue weighted by molar-refractivity contribution is 0.105. The monoisotopic (exact) mass is 385 g/mol. The lowest BCUT2D eigenvalue weighted by Gasteiger charge is -2.13. The number of aliphatic hydroxyl groups is 1. The largest absolute Gasteiger partial charge is 0.488 e. The van der Waals surface area contributed by atoms with E-state index in [4.69, 9.17) is 16.3 Å². The minimum absolute atomic E-state index is 0.0494. The lowest BCUT2D eigenvalue weighted by atomic mass is 10.2. The van der Waals surface area contributed by atoms with E-state index in [-0.39, 0.29) is 6.61 Å². The summed E-state index contributed by atoms with van der Waals surface area (Å²) in [5.74, 6) is 0.00893. The number of hydrogen-bond acceptors (Lipinski definition) is 4. The van der Waals surface area contributed by atoms with Crippen molar-refractivity contribution in [1.82, 2.24) is 14.6 Å². The molecule has 3 aromatic rings. The third-order valence-electron chi connectivity index (χ3n) is 2.99. The first-order valence-electron chi connectivity index (χ1n) is 6.29. The number of ether oxygens (including phenoxy) is 1. The van der Waals surface area contributed by atoms with Crippen molar-refractivity contribution in [3.8, 4) is 5.75 Å². The number of rotatable bonds is 4. The average molecular weight is 387 g/mol. The van der Waals surface area contributed by atoms with E-state index in [2.05, 4.69) is 26.0 Å². The Balaban J connectivity index is 1.81. The van der Waals surface area contributed by atoms with Crippen molar-refractivity contribution in [1.29, 1.82) is 0 Å². The van der Waals surface area contributed by atoms with Crippen LogP contribution in [-0.2, 0) is 0 Å². The Bertz CT molecular complexity index is 810. The van der Waals surface area contributed by atoms with Crippen molar-refractivity contribution in [3.63, 3.8) is 0 Å². The smallest absolute Gasteiger partial charge is 0.147 e. The molecule has 0 spiro atoms. The van der Waals surface area contributed by atoms with E-state index in [0.29, 0.717) is 22.0 Å². The van der Waals surface area contributed by atoms with Crippen LogP contribution in [0.1, 0.15) is 11.8 Å². The Morgan fingerprint density at radius 3 is 2.95 bits per heavy atom. The van der Waals surface area contributed by atoms with Gasteiger partial charge in [0.25, 0.3) is 0 Å². The first-order chi connectivity index (χ1) is 10.5. The van der Waals surface area contributed by atoms with Crippen LogP contribution in [0.5, 0.6) is 5.75 Å². The van der Waals surface area contributed by atoms with Gasteiger partial charge in [-0.25, -0.2) is 8.91 Å². The molecule has 3 aromatic heterocycles. The maximum atomic E-state index is 12.8. The van der Waals surface area contributed by atoms with E-state index in [0.717, 1.165) is 10.7 Å². The SMILES string of the molecule is OC(COc1cc(Br)cn2ncc(Cl)c12)c1ccc(F)cn1. The van der Waals surface area contributed by atoms with Gasteiger partial charge in [-0.2, -0.15) is 5.10 Å². The number of hydrogen-bond donors (Lipinski definition) is 1. The zero-order chi connectivity index (χ0) is 15.7. The van der Waals surface area contributed by atoms with Gasteiger partial charge in [0.15, 0.2) is 0 Å². The molecular formula is C14H10BrClFN3O2. The molecule has 3 rings (SSSR count). The quantitative estimate of drug-likeness (QED) is 0.747. The van der Waals surface area contributed by atoms with Crippen LogP contribution in [0.4, 0.5) is 4.39 Å². The third-order valence-corrected chi connectivity index (χ3v) is 3.70. The first-order valence-corrected chi connectivity index (χ1v) is 7.46. The molecule has 3 heterocycles. The highest BCUT2D eigenvalue weighted by Crippen LogP contribution is 2.30. The van der Waals surface area contributed by atoms with Crippen molar-refractivity contribution in [2.75, 3.05) is 6.61 Å². The number of pyridine rings is 2. The molecule has 22 heavy (non-hydrogen) atoms. The molecule has 8 heteroatoms. The maximum absolute atomic E-state index is 12.8. The number of aliphatic hydroxyl groups excluding tert-OH is 1. The minimum atomic E-state index is -0.985. The van der Waals surface area contributed by atoms with Crippen molar-refractivity contribution in [2.45, 2.75) is 6.10 Å². The zero-order valence-electron chi connectivity index (χ0n) is 11.1. The van der Waals surface area contributed by atoms with E-state index in [1.807, 2.05) is 0 Å². The summed E-state index contributed by atoms with van der Waals surface area (Å²) in [6.45, 7) is -0.0494. The van der Waals surface area contributed by atoms with Crippen LogP contribution in [0.25, 0.3) is 5.52 Å². The second kappa shape index (κ2) is 6.20. The lowest BCUT2D eigenvalue weighted by Crippen LogP contribution is -2.11. The van der Waals surface area contributed by atoms with Crippen LogP contribution in [0, 0.1) is 5.82 Å². The fourth-order valence-electron chi connectivity index (χ4n) is 1.97. The standard InChI is InChI=1S/C14H10BrClFN3O2/c15-8-3-13(14-10(16)5-19-20(14)6-8)22-7-12(21)11-2-1-9(17)4-18-11/h1-6,12,21H,7H2. The van der Waals surface area contributed by atoms with Gasteiger partial charge in [-0.3, -0.25) is 4.98 Å². The Hall–Kier alpha value is -1.70. The Kier molecular flexibility index (Phi) is 4.28. The molecule has 1 atom stereocenters. The molecule has 0 saturated heterocycles. The predicted octanol–water partition coefficient (Wildman–Crippen LogP) is 3.40. The summed E-state index contributed by atoms with van der Waals surface area (Å²) in [6, 6.07) is 4.37. The molecule has 0 radical (unpaired) electrons. The van der Waals surface area contributed by atoms with E-state index < -0.39 is 11.9 Å². The summed E-state index contributed by atoms with van der Waals surface area (Å²) in [4.78, 5) is 3.82. The van der Waals surface area contributed by atoms with Gasteiger partial charge in [0.2, 0.25) is 0 Å². The molecular weight excluding hydrogens is 377 g/mol. The molecule has 0 fully saturated rings. The van der Waals surface area contributed by atoms with Crippen LogP contribution in [-0.4, -0.2) is 26.3 Å². The van der Waals surface area contributed by atoms with Crippen LogP contribution < -0.4 is 4.74 Å². The van der Waals surface area contributed by atoms with Gasteiger partial charge in [0, 0.05) is 10.7 Å². The Morgan fingerprint density at radius 1 is 1.41 bits per heavy atom. The molecule has 0 saturated carbocycles. The average Bonchev–Trinajstić information content (AvgIpc) is 2.86. The van der Waals surface area contributed by atoms with Crippen LogP contribution in [0.3, 0.4) is 0 Å². The summed E-state index contributed by atoms with van der Waals surface area (Å²) in [7, 11) is 0. The summed E-state index contributed by atoms with van der Waals surface area (Å²) in [6.07, 6.45) is 3.31. The first kappa shape index (κ1) is 15.2. The van der Waals surface area contributed by atoms with Gasteiger partial charge in [-0.15, -0.1) is 0 Å². The van der Waals surface area contributed by atoms with Gasteiger partial charge < -0.3 is 9.84 Å². The summed E-state index contributed by atoms with van der Waals surface area (Å²) in [5.41, 5.74) is 0.927. The molecule has 5 nitrogen and oxygen atoms in total. The third kappa shape index (κ3) is 3.06. The minimum Gasteiger partial charge on any atom is -0.488 e. The molecule has 0 aliphatic rings. The number of fused-ring (bicyclic) bond motifs is 1. The van der Waals surface area contributed by atoms with E-state index in [1.54, 1.807) is 16.8 Å². The van der Waals surface area contributed by atoms with Gasteiger partial charge in [0.1, 0.15) is 29.8 Å². The summed E-state index contributed by atoms with van der Waals surface area (Å²) >= 11 is 9.44. The normalized spacial score (nSPS) is 12.5. The second-order valence-corrected chi connectivity index (χ2v) is 5.86. The van der Waals surface area contributed by atoms with E-state index >= 15 is 0 Å². The molecule has 1 unspecified atom stereocenters. The van der Waals surface area contributed by atoms with Gasteiger partial charge in [-0.05, 0) is 34.1 Å². The van der Waals surface area contributed by atoms with Crippen LogP contribution in [0.15, 0.2) is 41.3 Å². The molecule has 0 aromatic carbocycles. The number of aromatic nitrogens is 3. The molecule has 0 bridgehead atoms. The molecule has 0 aliphatic carbocycles. The summed E-state index contributed by atoms with van der Waals surface area (Å²) in [5, 5.41) is 14.6. The maximum Gasteiger partial charge on any atom is 0.147 e. The number of halogens is 3. The molecule has 0 amide bonds. The van der Waals surface area contributed by atoms with Gasteiger partial charge in [-0.1, -0.05) is 11.6 Å². The topological polar surface area (TPSA) is 59.7 Å². The van der Waals surface area contributed by atoms with E-state index in [1.165, 1.54) is 18.3 Å². The van der Waals surface area contributed by atoms with Crippen LogP contribution >= 0.6 is 27.5 Å². The predicted molar refractivity (Wildman–Crippen MR) is 82.6 cm³/mol. The summed E-state index contributed by atoms with van der Waals surface area (Å²) < 4.78 is 20.8. The van der Waals surface area contributed by atoms with Gasteiger partial charge in [0.05, 0.1) is 23.1 Å². The Morgan fingerprint density at radius 2 is 2.23 bits per heavy atom. The number of nitrogens with zero attached hydrogens (tertiary/aromatic N) is 3. The van der Waals surface area contributed by atoms with Crippen molar-refractivity contribution < 1.29 is 14.2 Å². The van der Waals surface area contributed by atoms with E-state index in [9.17, 15) is 9.50 Å². The Labute approximate surface area is 138 Å². The fourth-order valence-corrected chi connectivity index (χ4v) is 2.59. The van der Waals surface area contributed by atoms with Crippen molar-refractivity contribution >= 4 is 33.0 Å². The van der Waals surface area contributed by atoms with Gasteiger partial charge >= 0.3 is 0 Å². The fraction of sp³-hybridized carbons (Fsp3) is 0.143. The highest BCUT2D eigenvalue weighted by molar-refractivity contribution is 9.10. The van der Waals surface area contributed by atoms with Crippen LogP contribution in [0.2, 0.25) is 5.02 Å². The highest BCUT2D eigenvalue weighted by atomic mass is 79.9. The molecule has 1 N–H and O–H groups in total. The van der Waals surface area contributed by atoms with Crippen molar-refractivity contribution in [3.05, 3.63) is 57.8 Å². The molecule has 0 aliphatic heterocycles. The van der Waals surface area contributed by atoms with Crippen molar-refractivity contribution in [2.24, 2.45) is 0 Å². The zero-order valence-corrected chi connectivity index (χ0v) is 13.4.